The van der Waals surface area contributed by atoms with Crippen molar-refractivity contribution in [2.75, 3.05) is 20.3 Å². The molecule has 1 N–H and O–H groups in total. The Balaban J connectivity index is 1.68. The van der Waals surface area contributed by atoms with E-state index >= 15 is 0 Å². The third-order valence-corrected chi connectivity index (χ3v) is 3.55. The Bertz CT molecular complexity index is 337. The minimum Gasteiger partial charge on any atom is -0.385 e. The summed E-state index contributed by atoms with van der Waals surface area (Å²) in [7, 11) is 1.77. The molecule has 1 aromatic rings. The Morgan fingerprint density at radius 2 is 2.12 bits per heavy atom. The zero-order valence-electron chi connectivity index (χ0n) is 10.7. The normalized spacial score (nSPS) is 18.3. The van der Waals surface area contributed by atoms with E-state index in [9.17, 15) is 0 Å². The van der Waals surface area contributed by atoms with Gasteiger partial charge in [0.05, 0.1) is 0 Å². The summed E-state index contributed by atoms with van der Waals surface area (Å²) in [6, 6.07) is 9.41. The third kappa shape index (κ3) is 3.55. The van der Waals surface area contributed by atoms with E-state index in [1.54, 1.807) is 7.11 Å². The van der Waals surface area contributed by atoms with Crippen molar-refractivity contribution in [2.45, 2.75) is 38.1 Å². The fourth-order valence-corrected chi connectivity index (χ4v) is 2.59. The number of ether oxygens (including phenoxy) is 1. The van der Waals surface area contributed by atoms with Crippen LogP contribution in [0.15, 0.2) is 24.3 Å². The fraction of sp³-hybridized carbons (Fsp3) is 0.600. The summed E-state index contributed by atoms with van der Waals surface area (Å²) in [6.07, 6.45) is 6.19. The Morgan fingerprint density at radius 1 is 1.24 bits per heavy atom. The molecule has 0 aliphatic heterocycles. The van der Waals surface area contributed by atoms with Crippen molar-refractivity contribution >= 4 is 0 Å². The first-order chi connectivity index (χ1) is 8.42. The van der Waals surface area contributed by atoms with Gasteiger partial charge in [-0.25, -0.2) is 0 Å². The number of rotatable bonds is 7. The van der Waals surface area contributed by atoms with Crippen LogP contribution in [0, 0.1) is 0 Å². The highest BCUT2D eigenvalue weighted by Gasteiger charge is 2.20. The van der Waals surface area contributed by atoms with E-state index in [-0.39, 0.29) is 0 Å². The molecule has 1 atom stereocenters. The molecule has 1 unspecified atom stereocenters. The van der Waals surface area contributed by atoms with Gasteiger partial charge in [0.25, 0.3) is 0 Å². The molecule has 0 fully saturated rings. The van der Waals surface area contributed by atoms with E-state index in [0.29, 0.717) is 6.04 Å². The SMILES string of the molecule is COCCCCCNC1CCc2ccccc21. The van der Waals surface area contributed by atoms with Gasteiger partial charge in [-0.1, -0.05) is 24.3 Å². The first-order valence-corrected chi connectivity index (χ1v) is 6.72. The maximum absolute atomic E-state index is 5.05. The summed E-state index contributed by atoms with van der Waals surface area (Å²) in [5.74, 6) is 0. The molecule has 17 heavy (non-hydrogen) atoms. The van der Waals surface area contributed by atoms with E-state index in [4.69, 9.17) is 4.74 Å². The monoisotopic (exact) mass is 233 g/mol. The number of benzene rings is 1. The van der Waals surface area contributed by atoms with Gasteiger partial charge in [0.2, 0.25) is 0 Å². The van der Waals surface area contributed by atoms with Crippen LogP contribution in [0.4, 0.5) is 0 Å². The quantitative estimate of drug-likeness (QED) is 0.731. The standard InChI is InChI=1S/C15H23NO/c1-17-12-6-2-5-11-16-15-10-9-13-7-3-4-8-14(13)15/h3-4,7-8,15-16H,2,5-6,9-12H2,1H3. The molecule has 1 aliphatic carbocycles. The molecule has 0 aromatic heterocycles. The molecular formula is C15H23NO. The number of hydrogen-bond donors (Lipinski definition) is 1. The zero-order chi connectivity index (χ0) is 11.9. The van der Waals surface area contributed by atoms with Gasteiger partial charge >= 0.3 is 0 Å². The zero-order valence-corrected chi connectivity index (χ0v) is 10.7. The number of aryl methyl sites for hydroxylation is 1. The lowest BCUT2D eigenvalue weighted by Crippen LogP contribution is -2.20. The molecule has 0 saturated heterocycles. The maximum atomic E-state index is 5.05. The molecule has 2 rings (SSSR count). The van der Waals surface area contributed by atoms with E-state index in [0.717, 1.165) is 13.2 Å². The van der Waals surface area contributed by atoms with Crippen molar-refractivity contribution < 1.29 is 4.74 Å². The van der Waals surface area contributed by atoms with Crippen molar-refractivity contribution in [2.24, 2.45) is 0 Å². The minimum absolute atomic E-state index is 0.591. The summed E-state index contributed by atoms with van der Waals surface area (Å²) in [4.78, 5) is 0. The van der Waals surface area contributed by atoms with Crippen molar-refractivity contribution in [3.8, 4) is 0 Å². The molecule has 0 spiro atoms. The van der Waals surface area contributed by atoms with Gasteiger partial charge in [0.15, 0.2) is 0 Å². The smallest absolute Gasteiger partial charge is 0.0462 e. The predicted octanol–water partition coefficient (Wildman–Crippen LogP) is 3.08. The fourth-order valence-electron chi connectivity index (χ4n) is 2.59. The van der Waals surface area contributed by atoms with Crippen LogP contribution >= 0.6 is 0 Å². The maximum Gasteiger partial charge on any atom is 0.0462 e. The highest BCUT2D eigenvalue weighted by molar-refractivity contribution is 5.34. The average molecular weight is 233 g/mol. The first-order valence-electron chi connectivity index (χ1n) is 6.72. The molecule has 0 saturated carbocycles. The lowest BCUT2D eigenvalue weighted by Gasteiger charge is -2.13. The highest BCUT2D eigenvalue weighted by atomic mass is 16.5. The molecule has 0 bridgehead atoms. The molecule has 0 heterocycles. The molecule has 2 nitrogen and oxygen atoms in total. The summed E-state index contributed by atoms with van der Waals surface area (Å²) >= 11 is 0. The Hall–Kier alpha value is -0.860. The lowest BCUT2D eigenvalue weighted by molar-refractivity contribution is 0.192. The second kappa shape index (κ2) is 6.77. The van der Waals surface area contributed by atoms with Crippen LogP contribution in [0.1, 0.15) is 42.9 Å². The van der Waals surface area contributed by atoms with Gasteiger partial charge in [0.1, 0.15) is 0 Å². The Kier molecular flexibility index (Phi) is 5.02. The van der Waals surface area contributed by atoms with Gasteiger partial charge in [-0.05, 0) is 49.8 Å². The predicted molar refractivity (Wildman–Crippen MR) is 71.2 cm³/mol. The molecule has 1 aliphatic rings. The molecular weight excluding hydrogens is 210 g/mol. The van der Waals surface area contributed by atoms with Gasteiger partial charge < -0.3 is 10.1 Å². The summed E-state index contributed by atoms with van der Waals surface area (Å²) in [5, 5.41) is 3.67. The van der Waals surface area contributed by atoms with E-state index in [1.165, 1.54) is 43.2 Å². The summed E-state index contributed by atoms with van der Waals surface area (Å²) in [5.41, 5.74) is 3.05. The summed E-state index contributed by atoms with van der Waals surface area (Å²) < 4.78 is 5.05. The van der Waals surface area contributed by atoms with Gasteiger partial charge in [-0.3, -0.25) is 0 Å². The van der Waals surface area contributed by atoms with E-state index in [2.05, 4.69) is 29.6 Å². The minimum atomic E-state index is 0.591. The number of methoxy groups -OCH3 is 1. The second-order valence-electron chi connectivity index (χ2n) is 4.80. The third-order valence-electron chi connectivity index (χ3n) is 3.55. The highest BCUT2D eigenvalue weighted by Crippen LogP contribution is 2.30. The van der Waals surface area contributed by atoms with E-state index < -0.39 is 0 Å². The van der Waals surface area contributed by atoms with Gasteiger partial charge in [0, 0.05) is 19.8 Å². The Morgan fingerprint density at radius 3 is 3.00 bits per heavy atom. The molecule has 0 amide bonds. The van der Waals surface area contributed by atoms with Crippen molar-refractivity contribution in [3.63, 3.8) is 0 Å². The summed E-state index contributed by atoms with van der Waals surface area (Å²) in [6.45, 7) is 2.02. The molecule has 1 aromatic carbocycles. The second-order valence-corrected chi connectivity index (χ2v) is 4.80. The van der Waals surface area contributed by atoms with Crippen molar-refractivity contribution in [3.05, 3.63) is 35.4 Å². The molecule has 94 valence electrons. The van der Waals surface area contributed by atoms with Crippen molar-refractivity contribution in [1.29, 1.82) is 0 Å². The molecule has 2 heteroatoms. The van der Waals surface area contributed by atoms with Crippen LogP contribution in [0.2, 0.25) is 0 Å². The number of unbranched alkanes of at least 4 members (excludes halogenated alkanes) is 2. The van der Waals surface area contributed by atoms with Crippen LogP contribution < -0.4 is 5.32 Å². The first kappa shape index (κ1) is 12.6. The number of fused-ring (bicyclic) bond motifs is 1. The topological polar surface area (TPSA) is 21.3 Å². The Labute approximate surface area is 104 Å². The largest absolute Gasteiger partial charge is 0.385 e. The molecule has 0 radical (unpaired) electrons. The lowest BCUT2D eigenvalue weighted by atomic mass is 10.1. The number of nitrogens with one attached hydrogen (secondary N) is 1. The average Bonchev–Trinajstić information content (AvgIpc) is 2.77. The van der Waals surface area contributed by atoms with Gasteiger partial charge in [-0.15, -0.1) is 0 Å². The van der Waals surface area contributed by atoms with Crippen LogP contribution in [0.3, 0.4) is 0 Å². The van der Waals surface area contributed by atoms with Crippen LogP contribution in [0.5, 0.6) is 0 Å². The van der Waals surface area contributed by atoms with E-state index in [1.807, 2.05) is 0 Å². The van der Waals surface area contributed by atoms with Crippen LogP contribution in [-0.4, -0.2) is 20.3 Å². The van der Waals surface area contributed by atoms with Crippen LogP contribution in [-0.2, 0) is 11.2 Å². The van der Waals surface area contributed by atoms with Crippen LogP contribution in [0.25, 0.3) is 0 Å². The number of hydrogen-bond acceptors (Lipinski definition) is 2. The van der Waals surface area contributed by atoms with Gasteiger partial charge in [-0.2, -0.15) is 0 Å². The van der Waals surface area contributed by atoms with Crippen molar-refractivity contribution in [1.82, 2.24) is 5.32 Å².